The van der Waals surface area contributed by atoms with Gasteiger partial charge in [0.05, 0.1) is 11.7 Å². The number of benzene rings is 1. The van der Waals surface area contributed by atoms with Crippen LogP contribution in [0.4, 0.5) is 0 Å². The molecule has 6 heteroatoms. The molecule has 5 nitrogen and oxygen atoms in total. The molecule has 1 saturated heterocycles. The number of cyclic esters (lactones) is 1. The van der Waals surface area contributed by atoms with Crippen LogP contribution in [-0.2, 0) is 22.5 Å². The number of hydrogen-bond donors (Lipinski definition) is 0. The second kappa shape index (κ2) is 6.79. The fourth-order valence-electron chi connectivity index (χ4n) is 2.34. The Morgan fingerprint density at radius 3 is 2.86 bits per heavy atom. The van der Waals surface area contributed by atoms with Crippen molar-refractivity contribution in [3.05, 3.63) is 54.4 Å². The molecule has 2 heterocycles. The molecule has 1 aliphatic heterocycles. The van der Waals surface area contributed by atoms with Gasteiger partial charge in [0.2, 0.25) is 0 Å². The summed E-state index contributed by atoms with van der Waals surface area (Å²) in [6.07, 6.45) is 2.99. The van der Waals surface area contributed by atoms with E-state index in [1.165, 1.54) is 5.56 Å². The van der Waals surface area contributed by atoms with Crippen molar-refractivity contribution in [3.63, 3.8) is 0 Å². The Balaban J connectivity index is 1.79. The molecule has 1 fully saturated rings. The van der Waals surface area contributed by atoms with E-state index in [-0.39, 0.29) is 11.2 Å². The van der Waals surface area contributed by atoms with E-state index in [2.05, 4.69) is 28.9 Å². The van der Waals surface area contributed by atoms with Crippen LogP contribution in [0.2, 0.25) is 0 Å². The van der Waals surface area contributed by atoms with Crippen LogP contribution in [0.25, 0.3) is 0 Å². The molecule has 0 spiro atoms. The molecule has 1 aromatic carbocycles. The molecular formula is C16H17N3O2S. The van der Waals surface area contributed by atoms with Gasteiger partial charge in [0.1, 0.15) is 12.4 Å². The summed E-state index contributed by atoms with van der Waals surface area (Å²) < 4.78 is 7.05. The Labute approximate surface area is 133 Å². The zero-order chi connectivity index (χ0) is 15.4. The average molecular weight is 315 g/mol. The number of nitrogens with zero attached hydrogens (tertiary/aromatic N) is 3. The van der Waals surface area contributed by atoms with Gasteiger partial charge in [0.15, 0.2) is 5.16 Å². The van der Waals surface area contributed by atoms with Crippen LogP contribution in [0, 0.1) is 0 Å². The van der Waals surface area contributed by atoms with Crippen molar-refractivity contribution >= 4 is 17.7 Å². The maximum Gasteiger partial charge on any atom is 0.307 e. The summed E-state index contributed by atoms with van der Waals surface area (Å²) >= 11 is 1.55. The fraction of sp³-hybridized carbons (Fsp3) is 0.312. The lowest BCUT2D eigenvalue weighted by atomic mass is 10.1. The summed E-state index contributed by atoms with van der Waals surface area (Å²) in [5.74, 6) is 0.760. The van der Waals surface area contributed by atoms with Crippen LogP contribution in [0.3, 0.4) is 0 Å². The standard InChI is InChI=1S/C16H17N3O2S/c1-2-8-19-14(9-12-6-4-3-5-7-12)17-18-16(19)22-13-10-15(20)21-11-13/h2-7,13H,1,8-11H2/t13-/m1/s1. The molecule has 0 radical (unpaired) electrons. The highest BCUT2D eigenvalue weighted by Crippen LogP contribution is 2.28. The molecule has 114 valence electrons. The van der Waals surface area contributed by atoms with Gasteiger partial charge in [-0.05, 0) is 5.56 Å². The molecule has 0 aliphatic carbocycles. The Hall–Kier alpha value is -2.08. The van der Waals surface area contributed by atoms with E-state index in [0.29, 0.717) is 19.6 Å². The third-order valence-corrected chi connectivity index (χ3v) is 4.56. The second-order valence-electron chi connectivity index (χ2n) is 5.09. The molecular weight excluding hydrogens is 298 g/mol. The molecule has 1 aliphatic rings. The highest BCUT2D eigenvalue weighted by Gasteiger charge is 2.27. The monoisotopic (exact) mass is 315 g/mol. The third kappa shape index (κ3) is 3.39. The maximum atomic E-state index is 11.2. The van der Waals surface area contributed by atoms with Gasteiger partial charge in [-0.15, -0.1) is 16.8 Å². The lowest BCUT2D eigenvalue weighted by molar-refractivity contribution is -0.137. The number of aromatic nitrogens is 3. The lowest BCUT2D eigenvalue weighted by Crippen LogP contribution is -2.08. The largest absolute Gasteiger partial charge is 0.464 e. The van der Waals surface area contributed by atoms with Crippen LogP contribution < -0.4 is 0 Å². The third-order valence-electron chi connectivity index (χ3n) is 3.41. The average Bonchev–Trinajstić information content (AvgIpc) is 3.09. The van der Waals surface area contributed by atoms with Crippen molar-refractivity contribution in [2.24, 2.45) is 0 Å². The summed E-state index contributed by atoms with van der Waals surface area (Å²) in [4.78, 5) is 11.2. The van der Waals surface area contributed by atoms with E-state index < -0.39 is 0 Å². The van der Waals surface area contributed by atoms with Gasteiger partial charge in [-0.25, -0.2) is 0 Å². The van der Waals surface area contributed by atoms with Gasteiger partial charge in [-0.1, -0.05) is 48.2 Å². The maximum absolute atomic E-state index is 11.2. The summed E-state index contributed by atoms with van der Waals surface area (Å²) in [7, 11) is 0. The number of carbonyl (C=O) groups is 1. The number of esters is 1. The Kier molecular flexibility index (Phi) is 4.58. The van der Waals surface area contributed by atoms with Crippen LogP contribution in [-0.4, -0.2) is 32.6 Å². The first-order chi connectivity index (χ1) is 10.8. The zero-order valence-electron chi connectivity index (χ0n) is 12.1. The molecule has 3 rings (SSSR count). The smallest absolute Gasteiger partial charge is 0.307 e. The molecule has 0 saturated carbocycles. The van der Waals surface area contributed by atoms with Crippen molar-refractivity contribution in [1.29, 1.82) is 0 Å². The first kappa shape index (κ1) is 14.8. The predicted molar refractivity (Wildman–Crippen MR) is 84.7 cm³/mol. The topological polar surface area (TPSA) is 57.0 Å². The quantitative estimate of drug-likeness (QED) is 0.605. The Morgan fingerprint density at radius 1 is 1.36 bits per heavy atom. The lowest BCUT2D eigenvalue weighted by Gasteiger charge is -2.09. The van der Waals surface area contributed by atoms with Gasteiger partial charge in [0.25, 0.3) is 0 Å². The van der Waals surface area contributed by atoms with Crippen molar-refractivity contribution < 1.29 is 9.53 Å². The van der Waals surface area contributed by atoms with E-state index in [4.69, 9.17) is 4.74 Å². The minimum atomic E-state index is -0.142. The van der Waals surface area contributed by atoms with Crippen molar-refractivity contribution in [3.8, 4) is 0 Å². The molecule has 0 amide bonds. The molecule has 22 heavy (non-hydrogen) atoms. The highest BCUT2D eigenvalue weighted by atomic mass is 32.2. The fourth-order valence-corrected chi connectivity index (χ4v) is 3.39. The minimum Gasteiger partial charge on any atom is -0.464 e. The van der Waals surface area contributed by atoms with E-state index >= 15 is 0 Å². The molecule has 1 atom stereocenters. The van der Waals surface area contributed by atoms with Crippen LogP contribution in [0.1, 0.15) is 17.8 Å². The predicted octanol–water partition coefficient (Wildman–Crippen LogP) is 2.46. The van der Waals surface area contributed by atoms with E-state index in [1.807, 2.05) is 28.8 Å². The van der Waals surface area contributed by atoms with Gasteiger partial charge in [0, 0.05) is 13.0 Å². The van der Waals surface area contributed by atoms with Gasteiger partial charge in [-0.3, -0.25) is 4.79 Å². The van der Waals surface area contributed by atoms with Gasteiger partial charge in [-0.2, -0.15) is 0 Å². The van der Waals surface area contributed by atoms with Gasteiger partial charge >= 0.3 is 5.97 Å². The first-order valence-electron chi connectivity index (χ1n) is 7.15. The summed E-state index contributed by atoms with van der Waals surface area (Å²) in [5, 5.41) is 9.52. The summed E-state index contributed by atoms with van der Waals surface area (Å²) in [5.41, 5.74) is 1.19. The van der Waals surface area contributed by atoms with Crippen LogP contribution in [0.15, 0.2) is 48.1 Å². The van der Waals surface area contributed by atoms with Crippen LogP contribution in [0.5, 0.6) is 0 Å². The summed E-state index contributed by atoms with van der Waals surface area (Å²) in [6.45, 7) is 4.90. The molecule has 0 N–H and O–H groups in total. The number of carbonyl (C=O) groups excluding carboxylic acids is 1. The van der Waals surface area contributed by atoms with E-state index in [1.54, 1.807) is 11.8 Å². The summed E-state index contributed by atoms with van der Waals surface area (Å²) in [6, 6.07) is 10.2. The Morgan fingerprint density at radius 2 is 2.18 bits per heavy atom. The minimum absolute atomic E-state index is 0.116. The number of thioether (sulfide) groups is 1. The molecule has 0 bridgehead atoms. The highest BCUT2D eigenvalue weighted by molar-refractivity contribution is 7.99. The second-order valence-corrected chi connectivity index (χ2v) is 6.35. The molecule has 1 aromatic heterocycles. The Bertz CT molecular complexity index is 669. The van der Waals surface area contributed by atoms with Gasteiger partial charge < -0.3 is 9.30 Å². The zero-order valence-corrected chi connectivity index (χ0v) is 13.0. The van der Waals surface area contributed by atoms with Crippen molar-refractivity contribution in [2.45, 2.75) is 29.8 Å². The van der Waals surface area contributed by atoms with Crippen LogP contribution >= 0.6 is 11.8 Å². The van der Waals surface area contributed by atoms with E-state index in [9.17, 15) is 4.79 Å². The van der Waals surface area contributed by atoms with E-state index in [0.717, 1.165) is 17.4 Å². The number of rotatable bonds is 6. The number of hydrogen-bond acceptors (Lipinski definition) is 5. The first-order valence-corrected chi connectivity index (χ1v) is 8.03. The normalized spacial score (nSPS) is 17.5. The molecule has 2 aromatic rings. The van der Waals surface area contributed by atoms with Crippen molar-refractivity contribution in [1.82, 2.24) is 14.8 Å². The number of ether oxygens (including phenoxy) is 1. The van der Waals surface area contributed by atoms with Crippen molar-refractivity contribution in [2.75, 3.05) is 6.61 Å². The molecule has 0 unspecified atom stereocenters. The SMILES string of the molecule is C=CCn1c(Cc2ccccc2)nnc1S[C@H]1COC(=O)C1. The number of allylic oxidation sites excluding steroid dienone is 1.